The Morgan fingerprint density at radius 2 is 1.77 bits per heavy atom. The standard InChI is InChI=1S/C21H26ClNO3/c1-13(2)18-11-19(14(3)10-20(18)25-5)15(4)23-21(24)12-26-17-8-6-16(22)7-9-17/h6-11,13,15H,12H2,1-5H3,(H,23,24)/t15-/m1/s1. The van der Waals surface area contributed by atoms with Crippen molar-refractivity contribution in [2.45, 2.75) is 39.7 Å². The monoisotopic (exact) mass is 375 g/mol. The molecule has 5 heteroatoms. The third kappa shape index (κ3) is 5.15. The smallest absolute Gasteiger partial charge is 0.258 e. The fraction of sp³-hybridized carbons (Fsp3) is 0.381. The number of hydrogen-bond acceptors (Lipinski definition) is 3. The summed E-state index contributed by atoms with van der Waals surface area (Å²) >= 11 is 5.84. The van der Waals surface area contributed by atoms with Crippen LogP contribution in [0, 0.1) is 6.92 Å². The van der Waals surface area contributed by atoms with Crippen molar-refractivity contribution in [3.05, 3.63) is 58.1 Å². The first-order valence-electron chi connectivity index (χ1n) is 8.68. The second-order valence-corrected chi connectivity index (χ2v) is 7.07. The molecule has 0 heterocycles. The molecule has 0 aromatic heterocycles. The number of hydrogen-bond donors (Lipinski definition) is 1. The highest BCUT2D eigenvalue weighted by atomic mass is 35.5. The van der Waals surface area contributed by atoms with Crippen molar-refractivity contribution < 1.29 is 14.3 Å². The molecule has 0 aliphatic heterocycles. The minimum Gasteiger partial charge on any atom is -0.496 e. The molecule has 1 atom stereocenters. The van der Waals surface area contributed by atoms with Crippen molar-refractivity contribution in [2.24, 2.45) is 0 Å². The fourth-order valence-corrected chi connectivity index (χ4v) is 2.98. The number of benzene rings is 2. The summed E-state index contributed by atoms with van der Waals surface area (Å²) in [6.45, 7) is 8.20. The second-order valence-electron chi connectivity index (χ2n) is 6.64. The van der Waals surface area contributed by atoms with E-state index < -0.39 is 0 Å². The first-order chi connectivity index (χ1) is 12.3. The lowest BCUT2D eigenvalue weighted by Crippen LogP contribution is -2.31. The summed E-state index contributed by atoms with van der Waals surface area (Å²) in [5, 5.41) is 3.62. The molecular weight excluding hydrogens is 350 g/mol. The predicted molar refractivity (Wildman–Crippen MR) is 105 cm³/mol. The van der Waals surface area contributed by atoms with Gasteiger partial charge in [-0.05, 0) is 72.9 Å². The van der Waals surface area contributed by atoms with Gasteiger partial charge in [-0.2, -0.15) is 0 Å². The van der Waals surface area contributed by atoms with Crippen LogP contribution in [-0.4, -0.2) is 19.6 Å². The number of methoxy groups -OCH3 is 1. The van der Waals surface area contributed by atoms with Gasteiger partial charge in [0.25, 0.3) is 5.91 Å². The van der Waals surface area contributed by atoms with Crippen LogP contribution in [-0.2, 0) is 4.79 Å². The summed E-state index contributed by atoms with van der Waals surface area (Å²) in [5.74, 6) is 1.65. The van der Waals surface area contributed by atoms with Crippen molar-refractivity contribution >= 4 is 17.5 Å². The topological polar surface area (TPSA) is 47.6 Å². The van der Waals surface area contributed by atoms with Gasteiger partial charge in [0.1, 0.15) is 11.5 Å². The van der Waals surface area contributed by atoms with Gasteiger partial charge in [0, 0.05) is 5.02 Å². The normalized spacial score (nSPS) is 12.0. The van der Waals surface area contributed by atoms with Crippen LogP contribution in [0.2, 0.25) is 5.02 Å². The first kappa shape index (κ1) is 20.1. The summed E-state index contributed by atoms with van der Waals surface area (Å²) < 4.78 is 11.0. The Hall–Kier alpha value is -2.20. The van der Waals surface area contributed by atoms with E-state index in [-0.39, 0.29) is 18.6 Å². The van der Waals surface area contributed by atoms with Crippen LogP contribution in [0.3, 0.4) is 0 Å². The van der Waals surface area contributed by atoms with E-state index >= 15 is 0 Å². The minimum absolute atomic E-state index is 0.0434. The zero-order chi connectivity index (χ0) is 19.3. The number of amides is 1. The van der Waals surface area contributed by atoms with E-state index in [1.54, 1.807) is 31.4 Å². The van der Waals surface area contributed by atoms with Gasteiger partial charge in [-0.15, -0.1) is 0 Å². The Morgan fingerprint density at radius 1 is 1.12 bits per heavy atom. The molecule has 0 spiro atoms. The number of nitrogens with one attached hydrogen (secondary N) is 1. The van der Waals surface area contributed by atoms with Crippen LogP contribution in [0.15, 0.2) is 36.4 Å². The zero-order valence-corrected chi connectivity index (χ0v) is 16.7. The SMILES string of the molecule is COc1cc(C)c([C@@H](C)NC(=O)COc2ccc(Cl)cc2)cc1C(C)C. The average Bonchev–Trinajstić information content (AvgIpc) is 2.60. The van der Waals surface area contributed by atoms with E-state index in [1.807, 2.05) is 19.9 Å². The molecule has 2 rings (SSSR count). The van der Waals surface area contributed by atoms with Gasteiger partial charge in [-0.3, -0.25) is 4.79 Å². The van der Waals surface area contributed by atoms with Gasteiger partial charge >= 0.3 is 0 Å². The van der Waals surface area contributed by atoms with Crippen molar-refractivity contribution in [3.8, 4) is 11.5 Å². The Labute approximate surface area is 160 Å². The predicted octanol–water partition coefficient (Wildman–Crippen LogP) is 5.04. The summed E-state index contributed by atoms with van der Waals surface area (Å²) in [6.07, 6.45) is 0. The molecule has 2 aromatic rings. The van der Waals surface area contributed by atoms with Crippen molar-refractivity contribution in [2.75, 3.05) is 13.7 Å². The number of ether oxygens (including phenoxy) is 2. The summed E-state index contributed by atoms with van der Waals surface area (Å²) in [7, 11) is 1.68. The Bertz CT molecular complexity index is 757. The van der Waals surface area contributed by atoms with Crippen LogP contribution in [0.1, 0.15) is 49.4 Å². The van der Waals surface area contributed by atoms with E-state index in [1.165, 1.54) is 0 Å². The molecule has 140 valence electrons. The largest absolute Gasteiger partial charge is 0.496 e. The van der Waals surface area contributed by atoms with Gasteiger partial charge in [0.15, 0.2) is 6.61 Å². The highest BCUT2D eigenvalue weighted by Gasteiger charge is 2.17. The molecule has 0 radical (unpaired) electrons. The molecule has 0 saturated carbocycles. The summed E-state index contributed by atoms with van der Waals surface area (Å²) in [6, 6.07) is 10.9. The number of carbonyl (C=O) groups is 1. The molecule has 1 amide bonds. The summed E-state index contributed by atoms with van der Waals surface area (Å²) in [4.78, 5) is 12.2. The van der Waals surface area contributed by atoms with E-state index in [4.69, 9.17) is 21.1 Å². The molecule has 0 unspecified atom stereocenters. The van der Waals surface area contributed by atoms with Gasteiger partial charge in [-0.1, -0.05) is 25.4 Å². The van der Waals surface area contributed by atoms with Crippen molar-refractivity contribution in [1.29, 1.82) is 0 Å². The maximum Gasteiger partial charge on any atom is 0.258 e. The molecule has 0 aliphatic rings. The van der Waals surface area contributed by atoms with E-state index in [2.05, 4.69) is 25.2 Å². The van der Waals surface area contributed by atoms with Crippen LogP contribution in [0.5, 0.6) is 11.5 Å². The second kappa shape index (κ2) is 8.95. The molecule has 0 saturated heterocycles. The molecule has 26 heavy (non-hydrogen) atoms. The van der Waals surface area contributed by atoms with Crippen molar-refractivity contribution in [1.82, 2.24) is 5.32 Å². The van der Waals surface area contributed by atoms with Gasteiger partial charge in [-0.25, -0.2) is 0 Å². The molecule has 2 aromatic carbocycles. The average molecular weight is 376 g/mol. The molecule has 4 nitrogen and oxygen atoms in total. The minimum atomic E-state index is -0.172. The zero-order valence-electron chi connectivity index (χ0n) is 15.9. The quantitative estimate of drug-likeness (QED) is 0.737. The van der Waals surface area contributed by atoms with Crippen LogP contribution in [0.25, 0.3) is 0 Å². The van der Waals surface area contributed by atoms with E-state index in [9.17, 15) is 4.79 Å². The lowest BCUT2D eigenvalue weighted by atomic mass is 9.93. The molecule has 1 N–H and O–H groups in total. The van der Waals surface area contributed by atoms with Crippen molar-refractivity contribution in [3.63, 3.8) is 0 Å². The molecule has 0 fully saturated rings. The maximum atomic E-state index is 12.2. The number of aryl methyl sites for hydroxylation is 1. The highest BCUT2D eigenvalue weighted by molar-refractivity contribution is 6.30. The lowest BCUT2D eigenvalue weighted by molar-refractivity contribution is -0.123. The highest BCUT2D eigenvalue weighted by Crippen LogP contribution is 2.32. The first-order valence-corrected chi connectivity index (χ1v) is 9.05. The van der Waals surface area contributed by atoms with Crippen LogP contribution >= 0.6 is 11.6 Å². The van der Waals surface area contributed by atoms with Crippen LogP contribution in [0.4, 0.5) is 0 Å². The van der Waals surface area contributed by atoms with Gasteiger partial charge in [0.05, 0.1) is 13.2 Å². The van der Waals surface area contributed by atoms with E-state index in [0.29, 0.717) is 16.7 Å². The Balaban J connectivity index is 2.04. The third-order valence-electron chi connectivity index (χ3n) is 4.27. The lowest BCUT2D eigenvalue weighted by Gasteiger charge is -2.21. The molecular formula is C21H26ClNO3. The maximum absolute atomic E-state index is 12.2. The number of rotatable bonds is 7. The van der Waals surface area contributed by atoms with Gasteiger partial charge in [0.2, 0.25) is 0 Å². The van der Waals surface area contributed by atoms with Crippen LogP contribution < -0.4 is 14.8 Å². The summed E-state index contributed by atoms with van der Waals surface area (Å²) in [5.41, 5.74) is 3.29. The number of carbonyl (C=O) groups excluding carboxylic acids is 1. The Morgan fingerprint density at radius 3 is 2.35 bits per heavy atom. The molecule has 0 bridgehead atoms. The molecule has 0 aliphatic carbocycles. The third-order valence-corrected chi connectivity index (χ3v) is 4.52. The van der Waals surface area contributed by atoms with Gasteiger partial charge < -0.3 is 14.8 Å². The Kier molecular flexibility index (Phi) is 6.92. The number of halogens is 1. The fourth-order valence-electron chi connectivity index (χ4n) is 2.85. The van der Waals surface area contributed by atoms with E-state index in [0.717, 1.165) is 22.4 Å².